The van der Waals surface area contributed by atoms with Crippen LogP contribution >= 0.6 is 0 Å². The summed E-state index contributed by atoms with van der Waals surface area (Å²) in [5.74, 6) is 0.570. The predicted molar refractivity (Wildman–Crippen MR) is 170 cm³/mol. The quantitative estimate of drug-likeness (QED) is 0.311. The van der Waals surface area contributed by atoms with Gasteiger partial charge in [-0.05, 0) is 47.6 Å². The summed E-state index contributed by atoms with van der Waals surface area (Å²) < 4.78 is 39.9. The van der Waals surface area contributed by atoms with E-state index in [9.17, 15) is 12.8 Å². The van der Waals surface area contributed by atoms with Crippen LogP contribution in [0, 0.1) is 11.2 Å². The Bertz CT molecular complexity index is 1260. The van der Waals surface area contributed by atoms with Gasteiger partial charge in [0.1, 0.15) is 19.4 Å². The Labute approximate surface area is 251 Å². The van der Waals surface area contributed by atoms with Crippen LogP contribution < -0.4 is 16.0 Å². The van der Waals surface area contributed by atoms with Gasteiger partial charge in [0.15, 0.2) is 0 Å². The van der Waals surface area contributed by atoms with Crippen LogP contribution in [0.15, 0.2) is 53.5 Å². The second-order valence-electron chi connectivity index (χ2n) is 11.4. The first kappa shape index (κ1) is 36.9. The smallest absolute Gasteiger partial charge is 0.211 e. The van der Waals surface area contributed by atoms with Crippen molar-refractivity contribution in [3.63, 3.8) is 0 Å². The van der Waals surface area contributed by atoms with Crippen molar-refractivity contribution in [1.82, 2.24) is 9.62 Å². The van der Waals surface area contributed by atoms with Crippen molar-refractivity contribution in [2.75, 3.05) is 50.9 Å². The third-order valence-corrected chi connectivity index (χ3v) is 9.59. The van der Waals surface area contributed by atoms with Gasteiger partial charge in [0.25, 0.3) is 0 Å². The molecule has 3 rings (SSSR count). The highest BCUT2D eigenvalue weighted by atomic mass is 32.2. The summed E-state index contributed by atoms with van der Waals surface area (Å²) >= 11 is 0. The Morgan fingerprint density at radius 2 is 1.62 bits per heavy atom. The largest absolute Gasteiger partial charge is 0.369 e. The molecule has 1 atom stereocenters. The Kier molecular flexibility index (Phi) is 14.5. The number of nitrogens with two attached hydrogens (primary N) is 1. The molecule has 0 radical (unpaired) electrons. The maximum Gasteiger partial charge on any atom is 0.211 e. The number of benzene rings is 2. The first-order chi connectivity index (χ1) is 19.8. The summed E-state index contributed by atoms with van der Waals surface area (Å²) in [7, 11) is -1.40. The van der Waals surface area contributed by atoms with E-state index in [1.165, 1.54) is 22.2 Å². The molecule has 0 aromatic heterocycles. The molecular weight excluding hydrogens is 557 g/mol. The van der Waals surface area contributed by atoms with Crippen molar-refractivity contribution in [3.05, 3.63) is 65.5 Å². The molecular formula is C31H48FN5O4S. The van der Waals surface area contributed by atoms with Gasteiger partial charge < -0.3 is 25.5 Å². The zero-order chi connectivity index (χ0) is 32.1. The van der Waals surface area contributed by atoms with E-state index in [-0.39, 0.29) is 22.7 Å². The maximum absolute atomic E-state index is 14.6. The minimum absolute atomic E-state index is 0.203. The van der Waals surface area contributed by atoms with Crippen LogP contribution in [0.4, 0.5) is 10.1 Å². The van der Waals surface area contributed by atoms with E-state index in [4.69, 9.17) is 15.3 Å². The van der Waals surface area contributed by atoms with E-state index in [0.717, 1.165) is 11.5 Å². The number of piperazine rings is 1. The van der Waals surface area contributed by atoms with Crippen molar-refractivity contribution in [1.29, 1.82) is 0 Å². The fourth-order valence-corrected chi connectivity index (χ4v) is 5.85. The predicted octanol–water partition coefficient (Wildman–Crippen LogP) is 3.94. The van der Waals surface area contributed by atoms with Gasteiger partial charge in [-0.25, -0.2) is 12.8 Å². The summed E-state index contributed by atoms with van der Waals surface area (Å²) in [4.78, 5) is 22.8. The Morgan fingerprint density at radius 1 is 1.02 bits per heavy atom. The second kappa shape index (κ2) is 16.5. The van der Waals surface area contributed by atoms with Crippen LogP contribution in [0.3, 0.4) is 0 Å². The molecule has 9 nitrogen and oxygen atoms in total. The van der Waals surface area contributed by atoms with E-state index in [0.29, 0.717) is 51.1 Å². The van der Waals surface area contributed by atoms with Crippen LogP contribution in [-0.4, -0.2) is 78.2 Å². The molecule has 2 aromatic carbocycles. The van der Waals surface area contributed by atoms with Crippen molar-refractivity contribution in [3.8, 4) is 0 Å². The lowest BCUT2D eigenvalue weighted by molar-refractivity contribution is -0.0987. The highest BCUT2D eigenvalue weighted by molar-refractivity contribution is 7.88. The third kappa shape index (κ3) is 9.43. The molecule has 0 bridgehead atoms. The number of hydrogen-bond acceptors (Lipinski definition) is 7. The summed E-state index contributed by atoms with van der Waals surface area (Å²) in [5.41, 5.74) is 8.34. The van der Waals surface area contributed by atoms with E-state index < -0.39 is 10.0 Å². The van der Waals surface area contributed by atoms with Gasteiger partial charge >= 0.3 is 0 Å². The van der Waals surface area contributed by atoms with Crippen molar-refractivity contribution in [2.24, 2.45) is 16.1 Å². The molecule has 0 saturated carbocycles. The van der Waals surface area contributed by atoms with Crippen molar-refractivity contribution >= 4 is 35.1 Å². The highest BCUT2D eigenvalue weighted by Crippen LogP contribution is 2.45. The van der Waals surface area contributed by atoms with Crippen molar-refractivity contribution in [2.45, 2.75) is 52.0 Å². The molecule has 234 valence electrons. The molecule has 0 amide bonds. The Morgan fingerprint density at radius 3 is 2.14 bits per heavy atom. The van der Waals surface area contributed by atoms with Crippen LogP contribution in [0.5, 0.6) is 0 Å². The number of aliphatic imine (C=N–C) groups is 1. The molecule has 1 aliphatic heterocycles. The number of halogens is 1. The molecule has 1 aliphatic rings. The monoisotopic (exact) mass is 605 g/mol. The number of carbonyl (C=O) groups excluding carboxylic acids is 2. The molecule has 0 spiro atoms. The van der Waals surface area contributed by atoms with Gasteiger partial charge in [-0.3, -0.25) is 4.99 Å². The zero-order valence-corrected chi connectivity index (χ0v) is 26.7. The first-order valence-electron chi connectivity index (χ1n) is 13.8. The van der Waals surface area contributed by atoms with Crippen LogP contribution in [-0.2, 0) is 25.0 Å². The molecule has 2 aromatic rings. The van der Waals surface area contributed by atoms with E-state index in [1.54, 1.807) is 19.2 Å². The first-order valence-corrected chi connectivity index (χ1v) is 15.7. The molecule has 1 saturated heterocycles. The summed E-state index contributed by atoms with van der Waals surface area (Å²) in [6, 6.07) is 15.1. The van der Waals surface area contributed by atoms with Gasteiger partial charge in [-0.1, -0.05) is 58.0 Å². The fraction of sp³-hybridized carbons (Fsp3) is 0.516. The molecule has 1 fully saturated rings. The number of rotatable bonds is 10. The molecule has 42 heavy (non-hydrogen) atoms. The lowest BCUT2D eigenvalue weighted by Gasteiger charge is -2.43. The topological polar surface area (TPSA) is 125 Å². The maximum atomic E-state index is 14.6. The molecule has 3 N–H and O–H groups in total. The SMILES string of the molecule is C=O.C=O.CN=C(CC(C)(C)C(C)(C)c1cccc(N2CCN(S(C)(=O)=O)CC2)c1)N[C@@H](CCN)c1ccccc1F. The van der Waals surface area contributed by atoms with Crippen LogP contribution in [0.1, 0.15) is 57.7 Å². The average Bonchev–Trinajstić information content (AvgIpc) is 2.98. The summed E-state index contributed by atoms with van der Waals surface area (Å²) in [6.45, 7) is 15.7. The van der Waals surface area contributed by atoms with Gasteiger partial charge in [-0.15, -0.1) is 0 Å². The number of nitrogens with one attached hydrogen (secondary N) is 1. The standard InChI is InChI=1S/C29H44FN5O2S.2CH2O/c1-28(2,21-27(32-5)33-26(14-15-31)24-12-7-8-13-25(24)30)29(3,4)22-10-9-11-23(20-22)34-16-18-35(19-17-34)38(6,36)37;2*1-2/h7-13,20,26H,14-19,21,31H2,1-6H3,(H,32,33);2*1H2/t26-;;/m0../s1. The van der Waals surface area contributed by atoms with Gasteiger partial charge in [0.05, 0.1) is 18.1 Å². The number of amidine groups is 1. The van der Waals surface area contributed by atoms with Crippen molar-refractivity contribution < 1.29 is 22.4 Å². The zero-order valence-electron chi connectivity index (χ0n) is 25.9. The molecule has 0 unspecified atom stereocenters. The molecule has 1 heterocycles. The number of nitrogens with zero attached hydrogens (tertiary/aromatic N) is 3. The number of sulfonamides is 1. The van der Waals surface area contributed by atoms with Gasteiger partial charge in [-0.2, -0.15) is 4.31 Å². The van der Waals surface area contributed by atoms with E-state index in [2.05, 4.69) is 67.2 Å². The number of anilines is 1. The van der Waals surface area contributed by atoms with Crippen LogP contribution in [0.25, 0.3) is 0 Å². The molecule has 11 heteroatoms. The van der Waals surface area contributed by atoms with Crippen LogP contribution in [0.2, 0.25) is 0 Å². The normalized spacial score (nSPS) is 15.5. The van der Waals surface area contributed by atoms with Gasteiger partial charge in [0, 0.05) is 50.9 Å². The minimum atomic E-state index is -3.17. The Balaban J connectivity index is 0.00000211. The molecule has 0 aliphatic carbocycles. The van der Waals surface area contributed by atoms with E-state index >= 15 is 0 Å². The number of hydrogen-bond donors (Lipinski definition) is 2. The number of carbonyl (C=O) groups is 2. The summed E-state index contributed by atoms with van der Waals surface area (Å²) in [6.07, 6.45) is 2.53. The highest BCUT2D eigenvalue weighted by Gasteiger charge is 2.40. The summed E-state index contributed by atoms with van der Waals surface area (Å²) in [5, 5.41) is 3.49. The average molecular weight is 606 g/mol. The lowest BCUT2D eigenvalue weighted by atomic mass is 9.62. The second-order valence-corrected chi connectivity index (χ2v) is 13.3. The lowest BCUT2D eigenvalue weighted by Crippen LogP contribution is -2.48. The Hall–Kier alpha value is -3.15. The van der Waals surface area contributed by atoms with E-state index in [1.807, 2.05) is 19.6 Å². The minimum Gasteiger partial charge on any atom is -0.369 e. The van der Waals surface area contributed by atoms with Gasteiger partial charge in [0.2, 0.25) is 10.0 Å². The third-order valence-electron chi connectivity index (χ3n) is 8.29. The fourth-order valence-electron chi connectivity index (χ4n) is 5.03.